The zero-order chi connectivity index (χ0) is 13.3. The molecule has 0 unspecified atom stereocenters. The lowest BCUT2D eigenvalue weighted by Gasteiger charge is -2.07. The predicted molar refractivity (Wildman–Crippen MR) is 66.8 cm³/mol. The molecule has 18 heavy (non-hydrogen) atoms. The van der Waals surface area contributed by atoms with E-state index in [0.717, 1.165) is 16.7 Å². The number of rotatable bonds is 2. The number of aromatic carboxylic acids is 1. The molecule has 2 rings (SSSR count). The lowest BCUT2D eigenvalue weighted by atomic mass is 10.00. The lowest BCUT2D eigenvalue weighted by Crippen LogP contribution is -2.06. The van der Waals surface area contributed by atoms with E-state index < -0.39 is 11.6 Å². The fourth-order valence-electron chi connectivity index (χ4n) is 1.71. The second-order valence-electron chi connectivity index (χ2n) is 4.10. The summed E-state index contributed by atoms with van der Waals surface area (Å²) in [5, 5.41) is 9.04. The molecule has 0 saturated heterocycles. The fraction of sp³-hybridized carbons (Fsp3) is 0.143. The van der Waals surface area contributed by atoms with Crippen molar-refractivity contribution in [3.8, 4) is 11.1 Å². The number of carbonyl (C=O) groups is 1. The highest BCUT2D eigenvalue weighted by Crippen LogP contribution is 2.24. The van der Waals surface area contributed by atoms with Crippen LogP contribution >= 0.6 is 0 Å². The molecule has 2 aromatic rings. The third-order valence-corrected chi connectivity index (χ3v) is 2.85. The van der Waals surface area contributed by atoms with E-state index in [1.807, 2.05) is 32.0 Å². The molecule has 4 heteroatoms. The van der Waals surface area contributed by atoms with Crippen LogP contribution < -0.4 is 5.63 Å². The number of hydrogen-bond donors (Lipinski definition) is 1. The molecule has 1 heterocycles. The van der Waals surface area contributed by atoms with Gasteiger partial charge in [-0.1, -0.05) is 18.2 Å². The molecule has 0 spiro atoms. The first-order chi connectivity index (χ1) is 8.49. The minimum Gasteiger partial charge on any atom is -0.475 e. The van der Waals surface area contributed by atoms with Crippen LogP contribution in [0.3, 0.4) is 0 Å². The van der Waals surface area contributed by atoms with Gasteiger partial charge in [0.15, 0.2) is 0 Å². The van der Waals surface area contributed by atoms with E-state index in [9.17, 15) is 9.59 Å². The van der Waals surface area contributed by atoms with Crippen LogP contribution in [-0.4, -0.2) is 11.1 Å². The molecule has 0 atom stereocenters. The smallest absolute Gasteiger partial charge is 0.372 e. The molecule has 0 aliphatic carbocycles. The molecule has 0 aliphatic rings. The summed E-state index contributed by atoms with van der Waals surface area (Å²) < 4.78 is 4.74. The Labute approximate surface area is 104 Å². The minimum atomic E-state index is -1.25. The van der Waals surface area contributed by atoms with Gasteiger partial charge in [0.05, 0.1) is 0 Å². The predicted octanol–water partition coefficient (Wildman–Crippen LogP) is 2.62. The second kappa shape index (κ2) is 4.49. The minimum absolute atomic E-state index is 0.328. The average molecular weight is 244 g/mol. The Morgan fingerprint density at radius 1 is 1.11 bits per heavy atom. The Balaban J connectivity index is 2.66. The third kappa shape index (κ3) is 2.18. The summed E-state index contributed by atoms with van der Waals surface area (Å²) in [6.07, 6.45) is 0. The van der Waals surface area contributed by atoms with E-state index in [1.54, 1.807) is 0 Å². The SMILES string of the molecule is Cc1ccc(-c2ccc(=O)oc2C(=O)O)cc1C. The fourth-order valence-corrected chi connectivity index (χ4v) is 1.71. The number of carboxylic acids is 1. The van der Waals surface area contributed by atoms with Gasteiger partial charge in [-0.3, -0.25) is 0 Å². The molecular weight excluding hydrogens is 232 g/mol. The van der Waals surface area contributed by atoms with Gasteiger partial charge < -0.3 is 9.52 Å². The van der Waals surface area contributed by atoms with E-state index in [2.05, 4.69) is 0 Å². The summed E-state index contributed by atoms with van der Waals surface area (Å²) in [6.45, 7) is 3.92. The topological polar surface area (TPSA) is 67.5 Å². The van der Waals surface area contributed by atoms with E-state index in [1.165, 1.54) is 12.1 Å². The first-order valence-electron chi connectivity index (χ1n) is 5.44. The van der Waals surface area contributed by atoms with Gasteiger partial charge in [0.2, 0.25) is 5.76 Å². The molecule has 1 aromatic heterocycles. The standard InChI is InChI=1S/C14H12O4/c1-8-3-4-10(7-9(8)2)11-5-6-12(15)18-13(11)14(16)17/h3-7H,1-2H3,(H,16,17). The summed E-state index contributed by atoms with van der Waals surface area (Å²) in [6, 6.07) is 8.28. The highest BCUT2D eigenvalue weighted by molar-refractivity contribution is 5.92. The average Bonchev–Trinajstić information content (AvgIpc) is 2.32. The summed E-state index contributed by atoms with van der Waals surface area (Å²) >= 11 is 0. The number of hydrogen-bond acceptors (Lipinski definition) is 3. The molecule has 0 saturated carbocycles. The maximum absolute atomic E-state index is 11.1. The largest absolute Gasteiger partial charge is 0.475 e. The molecule has 0 aliphatic heterocycles. The van der Waals surface area contributed by atoms with Crippen LogP contribution in [0.25, 0.3) is 11.1 Å². The van der Waals surface area contributed by atoms with Crippen molar-refractivity contribution in [2.24, 2.45) is 0 Å². The maximum Gasteiger partial charge on any atom is 0.372 e. The van der Waals surface area contributed by atoms with Crippen LogP contribution in [0.4, 0.5) is 0 Å². The van der Waals surface area contributed by atoms with Gasteiger partial charge in [0.25, 0.3) is 0 Å². The third-order valence-electron chi connectivity index (χ3n) is 2.85. The normalized spacial score (nSPS) is 10.3. The summed E-state index contributed by atoms with van der Waals surface area (Å²) in [5.74, 6) is -1.58. The lowest BCUT2D eigenvalue weighted by molar-refractivity contribution is 0.0658. The second-order valence-corrected chi connectivity index (χ2v) is 4.10. The summed E-state index contributed by atoms with van der Waals surface area (Å²) in [7, 11) is 0. The molecule has 1 aromatic carbocycles. The van der Waals surface area contributed by atoms with Crippen molar-refractivity contribution in [2.45, 2.75) is 13.8 Å². The van der Waals surface area contributed by atoms with E-state index >= 15 is 0 Å². The first kappa shape index (κ1) is 12.1. The monoisotopic (exact) mass is 244 g/mol. The van der Waals surface area contributed by atoms with Crippen molar-refractivity contribution in [2.75, 3.05) is 0 Å². The number of aryl methyl sites for hydroxylation is 2. The number of benzene rings is 1. The van der Waals surface area contributed by atoms with Crippen molar-refractivity contribution in [3.63, 3.8) is 0 Å². The quantitative estimate of drug-likeness (QED) is 0.881. The van der Waals surface area contributed by atoms with Crippen LogP contribution in [0, 0.1) is 13.8 Å². The van der Waals surface area contributed by atoms with E-state index in [4.69, 9.17) is 9.52 Å². The van der Waals surface area contributed by atoms with Crippen LogP contribution in [0.1, 0.15) is 21.7 Å². The van der Waals surface area contributed by atoms with Gasteiger partial charge in [0, 0.05) is 11.6 Å². The Morgan fingerprint density at radius 3 is 2.44 bits per heavy atom. The molecule has 0 radical (unpaired) electrons. The Kier molecular flexibility index (Phi) is 3.02. The summed E-state index contributed by atoms with van der Waals surface area (Å²) in [4.78, 5) is 22.1. The number of carboxylic acid groups (broad SMARTS) is 1. The molecule has 1 N–H and O–H groups in total. The Morgan fingerprint density at radius 2 is 1.83 bits per heavy atom. The van der Waals surface area contributed by atoms with Crippen LogP contribution in [0.5, 0.6) is 0 Å². The van der Waals surface area contributed by atoms with Crippen molar-refractivity contribution in [1.82, 2.24) is 0 Å². The van der Waals surface area contributed by atoms with E-state index in [-0.39, 0.29) is 5.76 Å². The zero-order valence-corrected chi connectivity index (χ0v) is 10.1. The van der Waals surface area contributed by atoms with Crippen molar-refractivity contribution in [1.29, 1.82) is 0 Å². The van der Waals surface area contributed by atoms with Crippen molar-refractivity contribution < 1.29 is 14.3 Å². The van der Waals surface area contributed by atoms with Crippen LogP contribution in [-0.2, 0) is 0 Å². The highest BCUT2D eigenvalue weighted by atomic mass is 16.4. The van der Waals surface area contributed by atoms with Gasteiger partial charge in [-0.25, -0.2) is 9.59 Å². The van der Waals surface area contributed by atoms with Gasteiger partial charge in [-0.15, -0.1) is 0 Å². The zero-order valence-electron chi connectivity index (χ0n) is 10.1. The first-order valence-corrected chi connectivity index (χ1v) is 5.44. The van der Waals surface area contributed by atoms with Crippen LogP contribution in [0.2, 0.25) is 0 Å². The molecule has 0 fully saturated rings. The molecule has 0 bridgehead atoms. The van der Waals surface area contributed by atoms with Gasteiger partial charge in [0.1, 0.15) is 0 Å². The van der Waals surface area contributed by atoms with E-state index in [0.29, 0.717) is 5.56 Å². The summed E-state index contributed by atoms with van der Waals surface area (Å²) in [5.41, 5.74) is 2.63. The van der Waals surface area contributed by atoms with Crippen molar-refractivity contribution in [3.05, 3.63) is 57.6 Å². The highest BCUT2D eigenvalue weighted by Gasteiger charge is 2.15. The Bertz CT molecular complexity index is 668. The molecular formula is C14H12O4. The maximum atomic E-state index is 11.1. The van der Waals surface area contributed by atoms with Gasteiger partial charge in [-0.05, 0) is 36.6 Å². The van der Waals surface area contributed by atoms with Crippen molar-refractivity contribution >= 4 is 5.97 Å². The molecule has 0 amide bonds. The van der Waals surface area contributed by atoms with Crippen LogP contribution in [0.15, 0.2) is 39.5 Å². The molecule has 92 valence electrons. The van der Waals surface area contributed by atoms with Gasteiger partial charge in [-0.2, -0.15) is 0 Å². The van der Waals surface area contributed by atoms with Gasteiger partial charge >= 0.3 is 11.6 Å². The molecule has 4 nitrogen and oxygen atoms in total. The Hall–Kier alpha value is -2.36.